The van der Waals surface area contributed by atoms with Crippen LogP contribution in [-0.4, -0.2) is 48.6 Å². The SMILES string of the molecule is Cc1ccc(NC(=S)NNC(=O)CCN2CCN(c3ccccc3)CC2)cc1. The van der Waals surface area contributed by atoms with E-state index in [1.54, 1.807) is 0 Å². The van der Waals surface area contributed by atoms with Gasteiger partial charge in [-0.25, -0.2) is 0 Å². The quantitative estimate of drug-likeness (QED) is 0.532. The van der Waals surface area contributed by atoms with E-state index >= 15 is 0 Å². The number of hydrogen-bond donors (Lipinski definition) is 3. The average Bonchev–Trinajstić information content (AvgIpc) is 2.73. The van der Waals surface area contributed by atoms with Crippen molar-refractivity contribution in [3.63, 3.8) is 0 Å². The highest BCUT2D eigenvalue weighted by Gasteiger charge is 2.17. The van der Waals surface area contributed by atoms with Crippen molar-refractivity contribution in [2.75, 3.05) is 42.9 Å². The molecule has 3 N–H and O–H groups in total. The molecule has 2 aromatic carbocycles. The van der Waals surface area contributed by atoms with Crippen molar-refractivity contribution < 1.29 is 4.79 Å². The van der Waals surface area contributed by atoms with E-state index in [4.69, 9.17) is 12.2 Å². The predicted molar refractivity (Wildman–Crippen MR) is 118 cm³/mol. The van der Waals surface area contributed by atoms with Gasteiger partial charge in [0.25, 0.3) is 0 Å². The molecule has 3 rings (SSSR count). The van der Waals surface area contributed by atoms with Gasteiger partial charge in [0.1, 0.15) is 0 Å². The summed E-state index contributed by atoms with van der Waals surface area (Å²) in [6.07, 6.45) is 0.436. The van der Waals surface area contributed by atoms with Crippen LogP contribution in [0.3, 0.4) is 0 Å². The van der Waals surface area contributed by atoms with E-state index < -0.39 is 0 Å². The molecule has 148 valence electrons. The Labute approximate surface area is 171 Å². The Kier molecular flexibility index (Phi) is 7.22. The Morgan fingerprint density at radius 1 is 0.964 bits per heavy atom. The van der Waals surface area contributed by atoms with Gasteiger partial charge in [0.05, 0.1) is 0 Å². The van der Waals surface area contributed by atoms with E-state index in [9.17, 15) is 4.79 Å². The van der Waals surface area contributed by atoms with Crippen LogP contribution in [-0.2, 0) is 4.79 Å². The van der Waals surface area contributed by atoms with E-state index in [1.807, 2.05) is 37.3 Å². The fourth-order valence-electron chi connectivity index (χ4n) is 3.12. The number of aryl methyl sites for hydroxylation is 1. The number of nitrogens with one attached hydrogen (secondary N) is 3. The van der Waals surface area contributed by atoms with E-state index in [-0.39, 0.29) is 5.91 Å². The summed E-state index contributed by atoms with van der Waals surface area (Å²) in [5, 5.41) is 3.41. The fraction of sp³-hybridized carbons (Fsp3) is 0.333. The minimum absolute atomic E-state index is 0.0708. The van der Waals surface area contributed by atoms with Crippen LogP contribution in [0.4, 0.5) is 11.4 Å². The zero-order valence-corrected chi connectivity index (χ0v) is 17.0. The van der Waals surface area contributed by atoms with E-state index in [1.165, 1.54) is 11.3 Å². The number of rotatable bonds is 5. The van der Waals surface area contributed by atoms with Gasteiger partial charge in [0, 0.05) is 50.5 Å². The Morgan fingerprint density at radius 3 is 2.32 bits per heavy atom. The van der Waals surface area contributed by atoms with Crippen molar-refractivity contribution in [1.82, 2.24) is 15.8 Å². The minimum atomic E-state index is -0.0708. The zero-order chi connectivity index (χ0) is 19.8. The number of anilines is 2. The van der Waals surface area contributed by atoms with Gasteiger partial charge in [-0.3, -0.25) is 20.5 Å². The Bertz CT molecular complexity index is 773. The van der Waals surface area contributed by atoms with Crippen LogP contribution in [0.2, 0.25) is 0 Å². The molecule has 2 aromatic rings. The number of benzene rings is 2. The third-order valence-electron chi connectivity index (χ3n) is 4.77. The number of hydrogen-bond acceptors (Lipinski definition) is 4. The number of piperazine rings is 1. The highest BCUT2D eigenvalue weighted by Crippen LogP contribution is 2.15. The number of carbonyl (C=O) groups excluding carboxylic acids is 1. The number of para-hydroxylation sites is 1. The Balaban J connectivity index is 1.31. The molecular weight excluding hydrogens is 370 g/mol. The Hall–Kier alpha value is -2.64. The summed E-state index contributed by atoms with van der Waals surface area (Å²) >= 11 is 5.20. The molecule has 0 bridgehead atoms. The number of thiocarbonyl (C=S) groups is 1. The standard InChI is InChI=1S/C21H27N5OS/c1-17-7-9-18(10-8-17)22-21(28)24-23-20(27)11-12-25-13-15-26(16-14-25)19-5-3-2-4-6-19/h2-10H,11-16H2,1H3,(H,23,27)(H2,22,24,28). The van der Waals surface area contributed by atoms with Crippen molar-refractivity contribution in [2.45, 2.75) is 13.3 Å². The summed E-state index contributed by atoms with van der Waals surface area (Å²) < 4.78 is 0. The van der Waals surface area contributed by atoms with Crippen LogP contribution in [0, 0.1) is 6.92 Å². The van der Waals surface area contributed by atoms with Gasteiger partial charge in [0.15, 0.2) is 5.11 Å². The molecule has 0 saturated carbocycles. The number of nitrogens with zero attached hydrogens (tertiary/aromatic N) is 2. The van der Waals surface area contributed by atoms with Crippen molar-refractivity contribution in [3.8, 4) is 0 Å². The molecule has 1 heterocycles. The van der Waals surface area contributed by atoms with Crippen molar-refractivity contribution in [1.29, 1.82) is 0 Å². The summed E-state index contributed by atoms with van der Waals surface area (Å²) in [5.41, 5.74) is 8.74. The average molecular weight is 398 g/mol. The summed E-state index contributed by atoms with van der Waals surface area (Å²) in [5.74, 6) is -0.0708. The number of amides is 1. The maximum absolute atomic E-state index is 12.1. The molecule has 0 radical (unpaired) electrons. The topological polar surface area (TPSA) is 59.6 Å². The second-order valence-electron chi connectivity index (χ2n) is 6.91. The zero-order valence-electron chi connectivity index (χ0n) is 16.1. The van der Waals surface area contributed by atoms with E-state index in [2.05, 4.69) is 50.2 Å². The lowest BCUT2D eigenvalue weighted by atomic mass is 10.2. The van der Waals surface area contributed by atoms with E-state index in [0.717, 1.165) is 38.4 Å². The molecule has 1 aliphatic rings. The number of carbonyl (C=O) groups is 1. The van der Waals surface area contributed by atoms with Crippen molar-refractivity contribution in [2.24, 2.45) is 0 Å². The van der Waals surface area contributed by atoms with Crippen LogP contribution >= 0.6 is 12.2 Å². The third kappa shape index (κ3) is 6.21. The van der Waals surface area contributed by atoms with Gasteiger partial charge in [-0.05, 0) is 43.4 Å². The summed E-state index contributed by atoms with van der Waals surface area (Å²) in [6.45, 7) is 6.66. The first-order valence-electron chi connectivity index (χ1n) is 9.55. The maximum atomic E-state index is 12.1. The molecule has 6 nitrogen and oxygen atoms in total. The monoisotopic (exact) mass is 397 g/mol. The maximum Gasteiger partial charge on any atom is 0.239 e. The molecule has 7 heteroatoms. The molecule has 28 heavy (non-hydrogen) atoms. The lowest BCUT2D eigenvalue weighted by Crippen LogP contribution is -2.48. The summed E-state index contributed by atoms with van der Waals surface area (Å²) in [7, 11) is 0. The smallest absolute Gasteiger partial charge is 0.239 e. The van der Waals surface area contributed by atoms with E-state index in [0.29, 0.717) is 11.5 Å². The molecule has 0 aliphatic carbocycles. The molecule has 1 amide bonds. The molecule has 1 fully saturated rings. The van der Waals surface area contributed by atoms with Gasteiger partial charge < -0.3 is 10.2 Å². The highest BCUT2D eigenvalue weighted by atomic mass is 32.1. The van der Waals surface area contributed by atoms with Crippen LogP contribution in [0.25, 0.3) is 0 Å². The van der Waals surface area contributed by atoms with Gasteiger partial charge >= 0.3 is 0 Å². The normalized spacial score (nSPS) is 14.4. The lowest BCUT2D eigenvalue weighted by Gasteiger charge is -2.36. The third-order valence-corrected chi connectivity index (χ3v) is 4.98. The molecule has 0 atom stereocenters. The van der Waals surface area contributed by atoms with Crippen LogP contribution in [0.15, 0.2) is 54.6 Å². The molecule has 0 spiro atoms. The first-order chi connectivity index (χ1) is 13.6. The Morgan fingerprint density at radius 2 is 1.64 bits per heavy atom. The first-order valence-corrected chi connectivity index (χ1v) is 9.96. The van der Waals surface area contributed by atoms with Crippen LogP contribution in [0.1, 0.15) is 12.0 Å². The van der Waals surface area contributed by atoms with Crippen molar-refractivity contribution in [3.05, 3.63) is 60.2 Å². The predicted octanol–water partition coefficient (Wildman–Crippen LogP) is 2.52. The van der Waals surface area contributed by atoms with Gasteiger partial charge in [0.2, 0.25) is 5.91 Å². The summed E-state index contributed by atoms with van der Waals surface area (Å²) in [4.78, 5) is 16.8. The minimum Gasteiger partial charge on any atom is -0.369 e. The molecule has 1 saturated heterocycles. The highest BCUT2D eigenvalue weighted by molar-refractivity contribution is 7.80. The lowest BCUT2D eigenvalue weighted by molar-refractivity contribution is -0.122. The second-order valence-corrected chi connectivity index (χ2v) is 7.32. The second kappa shape index (κ2) is 10.1. The molecular formula is C21H27N5OS. The van der Waals surface area contributed by atoms with Crippen molar-refractivity contribution >= 4 is 34.6 Å². The largest absolute Gasteiger partial charge is 0.369 e. The number of hydrazine groups is 1. The first kappa shape index (κ1) is 20.1. The van der Waals surface area contributed by atoms with Gasteiger partial charge in [-0.15, -0.1) is 0 Å². The summed E-state index contributed by atoms with van der Waals surface area (Å²) in [6, 6.07) is 18.3. The van der Waals surface area contributed by atoms with Gasteiger partial charge in [-0.1, -0.05) is 35.9 Å². The molecule has 1 aliphatic heterocycles. The molecule has 0 aromatic heterocycles. The van der Waals surface area contributed by atoms with Crippen LogP contribution < -0.4 is 21.1 Å². The fourth-order valence-corrected chi connectivity index (χ4v) is 3.29. The van der Waals surface area contributed by atoms with Crippen LogP contribution in [0.5, 0.6) is 0 Å². The van der Waals surface area contributed by atoms with Gasteiger partial charge in [-0.2, -0.15) is 0 Å². The molecule has 0 unspecified atom stereocenters.